The smallest absolute Gasteiger partial charge is 0.125 e. The summed E-state index contributed by atoms with van der Waals surface area (Å²) < 4.78 is 13.6. The summed E-state index contributed by atoms with van der Waals surface area (Å²) in [5, 5.41) is 9.18. The van der Waals surface area contributed by atoms with E-state index < -0.39 is 0 Å². The summed E-state index contributed by atoms with van der Waals surface area (Å²) >= 11 is 0. The molecule has 1 heterocycles. The molecule has 1 aromatic rings. The molecule has 18 heavy (non-hydrogen) atoms. The van der Waals surface area contributed by atoms with E-state index in [4.69, 9.17) is 0 Å². The summed E-state index contributed by atoms with van der Waals surface area (Å²) in [5.74, 6) is -0.254. The molecule has 1 aromatic carbocycles. The Morgan fingerprint density at radius 1 is 1.28 bits per heavy atom. The quantitative estimate of drug-likeness (QED) is 0.889. The predicted octanol–water partition coefficient (Wildman–Crippen LogP) is 3.48. The minimum absolute atomic E-state index is 0.102. The summed E-state index contributed by atoms with van der Waals surface area (Å²) in [4.78, 5) is 2.31. The number of benzene rings is 1. The molecule has 1 saturated heterocycles. The molecule has 2 nitrogen and oxygen atoms in total. The maximum Gasteiger partial charge on any atom is 0.125 e. The fourth-order valence-electron chi connectivity index (χ4n) is 2.83. The van der Waals surface area contributed by atoms with Crippen LogP contribution in [0.3, 0.4) is 0 Å². The van der Waals surface area contributed by atoms with Gasteiger partial charge >= 0.3 is 0 Å². The molecule has 3 heteroatoms. The Morgan fingerprint density at radius 2 is 2.11 bits per heavy atom. The minimum Gasteiger partial charge on any atom is -0.392 e. The zero-order valence-electron chi connectivity index (χ0n) is 11.0. The van der Waals surface area contributed by atoms with Crippen molar-refractivity contribution in [3.63, 3.8) is 0 Å². The second kappa shape index (κ2) is 6.19. The van der Waals surface area contributed by atoms with Gasteiger partial charge in [0, 0.05) is 18.3 Å². The van der Waals surface area contributed by atoms with Gasteiger partial charge < -0.3 is 10.0 Å². The number of anilines is 1. The lowest BCUT2D eigenvalue weighted by Crippen LogP contribution is -2.34. The highest BCUT2D eigenvalue weighted by molar-refractivity contribution is 5.50. The Balaban J connectivity index is 2.29. The molecule has 2 rings (SSSR count). The van der Waals surface area contributed by atoms with Crippen LogP contribution in [0.5, 0.6) is 0 Å². The number of aliphatic hydroxyl groups is 1. The summed E-state index contributed by atoms with van der Waals surface area (Å²) in [5.41, 5.74) is 1.58. The summed E-state index contributed by atoms with van der Waals surface area (Å²) in [6.07, 6.45) is 5.96. The molecule has 100 valence electrons. The second-order valence-corrected chi connectivity index (χ2v) is 5.08. The van der Waals surface area contributed by atoms with Gasteiger partial charge in [-0.2, -0.15) is 0 Å². The van der Waals surface area contributed by atoms with Gasteiger partial charge in [-0.1, -0.05) is 19.8 Å². The maximum atomic E-state index is 13.6. The topological polar surface area (TPSA) is 23.5 Å². The van der Waals surface area contributed by atoms with Crippen LogP contribution in [0.25, 0.3) is 0 Å². The Bertz CT molecular complexity index is 394. The number of rotatable bonds is 3. The van der Waals surface area contributed by atoms with Crippen LogP contribution in [0.2, 0.25) is 0 Å². The maximum absolute atomic E-state index is 13.6. The first-order valence-electron chi connectivity index (χ1n) is 6.91. The third kappa shape index (κ3) is 3.02. The standard InChI is InChI=1S/C15H22FNO/c1-2-14-6-4-3-5-7-17(14)15-9-12(11-18)8-13(16)10-15/h8-10,14,18H,2-7,11H2,1H3. The molecule has 0 aliphatic carbocycles. The van der Waals surface area contributed by atoms with E-state index in [1.165, 1.54) is 31.7 Å². The Labute approximate surface area is 108 Å². The average molecular weight is 251 g/mol. The summed E-state index contributed by atoms with van der Waals surface area (Å²) in [7, 11) is 0. The van der Waals surface area contributed by atoms with Crippen molar-refractivity contribution in [1.82, 2.24) is 0 Å². The molecule has 1 N–H and O–H groups in total. The van der Waals surface area contributed by atoms with Crippen molar-refractivity contribution in [3.8, 4) is 0 Å². The molecule has 1 aliphatic rings. The van der Waals surface area contributed by atoms with E-state index in [-0.39, 0.29) is 12.4 Å². The van der Waals surface area contributed by atoms with Crippen molar-refractivity contribution >= 4 is 5.69 Å². The van der Waals surface area contributed by atoms with Crippen LogP contribution in [0, 0.1) is 5.82 Å². The highest BCUT2D eigenvalue weighted by Gasteiger charge is 2.20. The number of hydrogen-bond acceptors (Lipinski definition) is 2. The van der Waals surface area contributed by atoms with Crippen molar-refractivity contribution in [2.45, 2.75) is 51.7 Å². The lowest BCUT2D eigenvalue weighted by atomic mass is 10.1. The highest BCUT2D eigenvalue weighted by atomic mass is 19.1. The van der Waals surface area contributed by atoms with Gasteiger partial charge in [0.1, 0.15) is 5.82 Å². The van der Waals surface area contributed by atoms with Gasteiger partial charge in [0.2, 0.25) is 0 Å². The van der Waals surface area contributed by atoms with Crippen molar-refractivity contribution in [1.29, 1.82) is 0 Å². The van der Waals surface area contributed by atoms with Gasteiger partial charge in [-0.05, 0) is 43.0 Å². The third-order valence-corrected chi connectivity index (χ3v) is 3.80. The Morgan fingerprint density at radius 3 is 2.83 bits per heavy atom. The highest BCUT2D eigenvalue weighted by Crippen LogP contribution is 2.27. The van der Waals surface area contributed by atoms with Gasteiger partial charge in [-0.25, -0.2) is 4.39 Å². The van der Waals surface area contributed by atoms with E-state index >= 15 is 0 Å². The molecular formula is C15H22FNO. The fraction of sp³-hybridized carbons (Fsp3) is 0.600. The van der Waals surface area contributed by atoms with E-state index in [0.29, 0.717) is 11.6 Å². The van der Waals surface area contributed by atoms with Gasteiger partial charge in [-0.15, -0.1) is 0 Å². The zero-order chi connectivity index (χ0) is 13.0. The summed E-state index contributed by atoms with van der Waals surface area (Å²) in [6, 6.07) is 5.41. The second-order valence-electron chi connectivity index (χ2n) is 5.08. The van der Waals surface area contributed by atoms with E-state index in [9.17, 15) is 9.50 Å². The molecule has 0 amide bonds. The lowest BCUT2D eigenvalue weighted by molar-refractivity contribution is 0.281. The van der Waals surface area contributed by atoms with Gasteiger partial charge in [-0.3, -0.25) is 0 Å². The predicted molar refractivity (Wildman–Crippen MR) is 72.2 cm³/mol. The Kier molecular flexibility index (Phi) is 4.59. The van der Waals surface area contributed by atoms with E-state index in [1.54, 1.807) is 6.07 Å². The van der Waals surface area contributed by atoms with Gasteiger partial charge in [0.05, 0.1) is 6.61 Å². The van der Waals surface area contributed by atoms with Crippen molar-refractivity contribution in [2.75, 3.05) is 11.4 Å². The molecule has 0 aromatic heterocycles. The van der Waals surface area contributed by atoms with Crippen LogP contribution in [0.15, 0.2) is 18.2 Å². The number of hydrogen-bond donors (Lipinski definition) is 1. The molecular weight excluding hydrogens is 229 g/mol. The average Bonchev–Trinajstić information content (AvgIpc) is 2.62. The third-order valence-electron chi connectivity index (χ3n) is 3.80. The summed E-state index contributed by atoms with van der Waals surface area (Å²) in [6.45, 7) is 3.08. The van der Waals surface area contributed by atoms with Crippen LogP contribution in [-0.4, -0.2) is 17.7 Å². The van der Waals surface area contributed by atoms with E-state index in [1.807, 2.05) is 6.07 Å². The molecule has 0 bridgehead atoms. The molecule has 1 aliphatic heterocycles. The van der Waals surface area contributed by atoms with Crippen molar-refractivity contribution < 1.29 is 9.50 Å². The molecule has 0 spiro atoms. The first-order valence-corrected chi connectivity index (χ1v) is 6.91. The van der Waals surface area contributed by atoms with Gasteiger partial charge in [0.25, 0.3) is 0 Å². The van der Waals surface area contributed by atoms with Gasteiger partial charge in [0.15, 0.2) is 0 Å². The molecule has 1 atom stereocenters. The first-order chi connectivity index (χ1) is 8.74. The van der Waals surface area contributed by atoms with Crippen LogP contribution in [-0.2, 0) is 6.61 Å². The number of halogens is 1. The monoisotopic (exact) mass is 251 g/mol. The Hall–Kier alpha value is -1.09. The van der Waals surface area contributed by atoms with Crippen LogP contribution in [0.4, 0.5) is 10.1 Å². The number of nitrogens with zero attached hydrogens (tertiary/aromatic N) is 1. The fourth-order valence-corrected chi connectivity index (χ4v) is 2.83. The minimum atomic E-state index is -0.254. The lowest BCUT2D eigenvalue weighted by Gasteiger charge is -2.31. The zero-order valence-corrected chi connectivity index (χ0v) is 11.0. The normalized spacial score (nSPS) is 20.8. The SMILES string of the molecule is CCC1CCCCCN1c1cc(F)cc(CO)c1. The van der Waals surface area contributed by atoms with E-state index in [2.05, 4.69) is 11.8 Å². The van der Waals surface area contributed by atoms with Crippen LogP contribution in [0.1, 0.15) is 44.6 Å². The van der Waals surface area contributed by atoms with Crippen molar-refractivity contribution in [3.05, 3.63) is 29.6 Å². The van der Waals surface area contributed by atoms with E-state index in [0.717, 1.165) is 18.7 Å². The molecule has 1 unspecified atom stereocenters. The number of aliphatic hydroxyl groups excluding tert-OH is 1. The van der Waals surface area contributed by atoms with Crippen LogP contribution >= 0.6 is 0 Å². The molecule has 0 radical (unpaired) electrons. The molecule has 0 saturated carbocycles. The van der Waals surface area contributed by atoms with Crippen LogP contribution < -0.4 is 4.90 Å². The van der Waals surface area contributed by atoms with Crippen molar-refractivity contribution in [2.24, 2.45) is 0 Å². The first kappa shape index (κ1) is 13.3. The molecule has 1 fully saturated rings. The largest absolute Gasteiger partial charge is 0.392 e.